The molecular formula is C25H21F2N7O2. The first-order valence-electron chi connectivity index (χ1n) is 11.5. The van der Waals surface area contributed by atoms with Crippen LogP contribution in [0.4, 0.5) is 14.6 Å². The third-order valence-electron chi connectivity index (χ3n) is 6.50. The molecule has 1 aromatic carbocycles. The van der Waals surface area contributed by atoms with Crippen LogP contribution in [0.1, 0.15) is 48.3 Å². The van der Waals surface area contributed by atoms with Gasteiger partial charge in [-0.15, -0.1) is 0 Å². The number of nitrogens with zero attached hydrogens (tertiary/aromatic N) is 5. The SMILES string of the molecule is CC1(C)C(=O)Nc2nc(-c3nn(Cc4ccccc4F)c4ncc(F)cc34)nc(C(=O)NC3CC3)c21. The maximum absolute atomic E-state index is 14.3. The summed E-state index contributed by atoms with van der Waals surface area (Å²) in [5.74, 6) is -1.51. The lowest BCUT2D eigenvalue weighted by Gasteiger charge is -2.18. The molecule has 182 valence electrons. The van der Waals surface area contributed by atoms with Gasteiger partial charge >= 0.3 is 0 Å². The van der Waals surface area contributed by atoms with E-state index in [-0.39, 0.29) is 41.5 Å². The van der Waals surface area contributed by atoms with Gasteiger partial charge in [-0.2, -0.15) is 5.10 Å². The lowest BCUT2D eigenvalue weighted by atomic mass is 9.85. The maximum atomic E-state index is 14.3. The number of carbonyl (C=O) groups is 2. The van der Waals surface area contributed by atoms with Gasteiger partial charge in [-0.1, -0.05) is 18.2 Å². The molecule has 0 bridgehead atoms. The van der Waals surface area contributed by atoms with Crippen molar-refractivity contribution in [2.75, 3.05) is 5.32 Å². The number of hydrogen-bond acceptors (Lipinski definition) is 6. The summed E-state index contributed by atoms with van der Waals surface area (Å²) in [7, 11) is 0. The van der Waals surface area contributed by atoms with Crippen molar-refractivity contribution in [1.82, 2.24) is 30.0 Å². The second-order valence-electron chi connectivity index (χ2n) is 9.57. The summed E-state index contributed by atoms with van der Waals surface area (Å²) < 4.78 is 30.0. The molecule has 0 saturated heterocycles. The third kappa shape index (κ3) is 3.58. The van der Waals surface area contributed by atoms with Gasteiger partial charge < -0.3 is 10.6 Å². The van der Waals surface area contributed by atoms with Crippen LogP contribution in [0.15, 0.2) is 36.5 Å². The number of amides is 2. The van der Waals surface area contributed by atoms with E-state index in [2.05, 4.69) is 30.7 Å². The maximum Gasteiger partial charge on any atom is 0.270 e. The van der Waals surface area contributed by atoms with Gasteiger partial charge in [-0.25, -0.2) is 28.4 Å². The second kappa shape index (κ2) is 7.87. The number of anilines is 1. The highest BCUT2D eigenvalue weighted by Crippen LogP contribution is 2.40. The van der Waals surface area contributed by atoms with E-state index < -0.39 is 23.0 Å². The zero-order chi connectivity index (χ0) is 25.2. The monoisotopic (exact) mass is 489 g/mol. The van der Waals surface area contributed by atoms with Crippen LogP contribution >= 0.6 is 0 Å². The highest BCUT2D eigenvalue weighted by molar-refractivity contribution is 6.09. The van der Waals surface area contributed by atoms with Crippen molar-refractivity contribution in [3.63, 3.8) is 0 Å². The van der Waals surface area contributed by atoms with Crippen LogP contribution < -0.4 is 10.6 Å². The fraction of sp³-hybridized carbons (Fsp3) is 0.280. The van der Waals surface area contributed by atoms with Crippen LogP contribution in [0.3, 0.4) is 0 Å². The molecule has 4 heterocycles. The third-order valence-corrected chi connectivity index (χ3v) is 6.50. The highest BCUT2D eigenvalue weighted by atomic mass is 19.1. The van der Waals surface area contributed by atoms with E-state index >= 15 is 0 Å². The Morgan fingerprint density at radius 2 is 2.00 bits per heavy atom. The highest BCUT2D eigenvalue weighted by Gasteiger charge is 2.44. The molecule has 2 amide bonds. The van der Waals surface area contributed by atoms with Gasteiger partial charge in [0.2, 0.25) is 5.91 Å². The van der Waals surface area contributed by atoms with Gasteiger partial charge in [0.15, 0.2) is 11.5 Å². The molecule has 1 fully saturated rings. The van der Waals surface area contributed by atoms with E-state index in [0.717, 1.165) is 19.0 Å². The number of nitrogens with one attached hydrogen (secondary N) is 2. The molecule has 6 rings (SSSR count). The number of halogens is 2. The summed E-state index contributed by atoms with van der Waals surface area (Å²) in [6.45, 7) is 3.43. The number of carbonyl (C=O) groups excluding carboxylic acids is 2. The Morgan fingerprint density at radius 1 is 1.22 bits per heavy atom. The Hall–Kier alpha value is -4.28. The fourth-order valence-electron chi connectivity index (χ4n) is 4.37. The van der Waals surface area contributed by atoms with Crippen LogP contribution in [0.25, 0.3) is 22.6 Å². The molecule has 0 unspecified atom stereocenters. The zero-order valence-electron chi connectivity index (χ0n) is 19.5. The molecular weight excluding hydrogens is 468 g/mol. The van der Waals surface area contributed by atoms with Gasteiger partial charge in [-0.05, 0) is 38.8 Å². The predicted octanol–water partition coefficient (Wildman–Crippen LogP) is 3.34. The van der Waals surface area contributed by atoms with Crippen molar-refractivity contribution >= 4 is 28.7 Å². The summed E-state index contributed by atoms with van der Waals surface area (Å²) in [6.07, 6.45) is 2.80. The lowest BCUT2D eigenvalue weighted by Crippen LogP contribution is -2.32. The number of aromatic nitrogens is 5. The van der Waals surface area contributed by atoms with Crippen LogP contribution in [0.2, 0.25) is 0 Å². The van der Waals surface area contributed by atoms with Crippen LogP contribution in [-0.4, -0.2) is 42.6 Å². The predicted molar refractivity (Wildman–Crippen MR) is 126 cm³/mol. The smallest absolute Gasteiger partial charge is 0.270 e. The van der Waals surface area contributed by atoms with Gasteiger partial charge in [0, 0.05) is 17.2 Å². The first kappa shape index (κ1) is 22.2. The number of hydrogen-bond donors (Lipinski definition) is 2. The molecule has 36 heavy (non-hydrogen) atoms. The van der Waals surface area contributed by atoms with E-state index in [1.54, 1.807) is 32.0 Å². The zero-order valence-corrected chi connectivity index (χ0v) is 19.5. The van der Waals surface area contributed by atoms with E-state index in [0.29, 0.717) is 22.2 Å². The molecule has 0 atom stereocenters. The van der Waals surface area contributed by atoms with Gasteiger partial charge in [0.25, 0.3) is 5.91 Å². The second-order valence-corrected chi connectivity index (χ2v) is 9.57. The van der Waals surface area contributed by atoms with E-state index in [4.69, 9.17) is 0 Å². The van der Waals surface area contributed by atoms with Crippen molar-refractivity contribution in [2.45, 2.75) is 44.7 Å². The standard InChI is InChI=1S/C25H21F2N7O2/c1-25(2)17-19(23(35)29-14-7-8-14)30-21(31-20(17)32-24(25)36)18-15-9-13(26)10-28-22(15)34(33-18)11-12-5-3-4-6-16(12)27/h3-6,9-10,14H,7-8,11H2,1-2H3,(H,29,35)(H,30,31,32,36). The first-order chi connectivity index (χ1) is 17.2. The molecule has 2 aliphatic rings. The number of pyridine rings is 1. The minimum Gasteiger partial charge on any atom is -0.348 e. The topological polar surface area (TPSA) is 115 Å². The molecule has 1 aliphatic carbocycles. The summed E-state index contributed by atoms with van der Waals surface area (Å²) in [6, 6.07) is 7.56. The Balaban J connectivity index is 1.53. The Bertz CT molecular complexity index is 1580. The molecule has 1 saturated carbocycles. The molecule has 2 N–H and O–H groups in total. The van der Waals surface area contributed by atoms with Crippen LogP contribution in [0.5, 0.6) is 0 Å². The Kier molecular flexibility index (Phi) is 4.85. The number of benzene rings is 1. The molecule has 11 heteroatoms. The normalized spacial score (nSPS) is 16.2. The van der Waals surface area contributed by atoms with Crippen molar-refractivity contribution in [1.29, 1.82) is 0 Å². The minimum atomic E-state index is -1.02. The quantitative estimate of drug-likeness (QED) is 0.445. The van der Waals surface area contributed by atoms with Crippen LogP contribution in [0, 0.1) is 11.6 Å². The van der Waals surface area contributed by atoms with Gasteiger partial charge in [0.05, 0.1) is 23.5 Å². The van der Waals surface area contributed by atoms with Crippen molar-refractivity contribution in [2.24, 2.45) is 0 Å². The fourth-order valence-corrected chi connectivity index (χ4v) is 4.37. The van der Waals surface area contributed by atoms with Crippen molar-refractivity contribution in [3.8, 4) is 11.5 Å². The number of rotatable bonds is 5. The molecule has 4 aromatic rings. The van der Waals surface area contributed by atoms with E-state index in [1.807, 2.05) is 0 Å². The largest absolute Gasteiger partial charge is 0.348 e. The molecule has 9 nitrogen and oxygen atoms in total. The molecule has 0 spiro atoms. The summed E-state index contributed by atoms with van der Waals surface area (Å²) in [5, 5.41) is 10.5. The Morgan fingerprint density at radius 3 is 2.75 bits per heavy atom. The molecule has 0 radical (unpaired) electrons. The van der Waals surface area contributed by atoms with Gasteiger partial charge in [0.1, 0.15) is 28.8 Å². The molecule has 3 aromatic heterocycles. The average molecular weight is 489 g/mol. The summed E-state index contributed by atoms with van der Waals surface area (Å²) >= 11 is 0. The first-order valence-corrected chi connectivity index (χ1v) is 11.5. The van der Waals surface area contributed by atoms with Crippen molar-refractivity contribution < 1.29 is 18.4 Å². The molecule has 1 aliphatic heterocycles. The van der Waals surface area contributed by atoms with E-state index in [9.17, 15) is 18.4 Å². The van der Waals surface area contributed by atoms with Gasteiger partial charge in [-0.3, -0.25) is 9.59 Å². The number of fused-ring (bicyclic) bond motifs is 2. The minimum absolute atomic E-state index is 0.0254. The van der Waals surface area contributed by atoms with E-state index in [1.165, 1.54) is 16.8 Å². The Labute approximate surface area is 204 Å². The van der Waals surface area contributed by atoms with Crippen LogP contribution in [-0.2, 0) is 16.8 Å². The average Bonchev–Trinajstić information content (AvgIpc) is 3.54. The lowest BCUT2D eigenvalue weighted by molar-refractivity contribution is -0.119. The summed E-state index contributed by atoms with van der Waals surface area (Å²) in [5.41, 5.74) is 0.264. The summed E-state index contributed by atoms with van der Waals surface area (Å²) in [4.78, 5) is 39.0. The van der Waals surface area contributed by atoms with Crippen molar-refractivity contribution in [3.05, 3.63) is 65.0 Å².